The lowest BCUT2D eigenvalue weighted by molar-refractivity contribution is 0.313. The molecule has 1 rings (SSSR count). The van der Waals surface area contributed by atoms with Crippen LogP contribution in [0.5, 0.6) is 6.01 Å². The zero-order chi connectivity index (χ0) is 5.11. The van der Waals surface area contributed by atoms with E-state index in [1.54, 1.807) is 0 Å². The molecule has 1 aromatic rings. The molecule has 0 aromatic carbocycles. The first-order valence-corrected chi connectivity index (χ1v) is 1.70. The number of hydrogen-bond donors (Lipinski definition) is 0. The van der Waals surface area contributed by atoms with Gasteiger partial charge in [-0.05, 0) is 0 Å². The summed E-state index contributed by atoms with van der Waals surface area (Å²) in [6.45, 7) is 0. The third kappa shape index (κ3) is 0.819. The lowest BCUT2D eigenvalue weighted by Crippen LogP contribution is -1.78. The molecule has 0 aliphatic heterocycles. The molecule has 0 spiro atoms. The molecule has 0 N–H and O–H groups in total. The molecule has 0 fully saturated rings. The van der Waals surface area contributed by atoms with Gasteiger partial charge in [-0.2, -0.15) is 10.1 Å². The van der Waals surface area contributed by atoms with Crippen molar-refractivity contribution in [2.75, 3.05) is 0 Å². The molecule has 4 nitrogen and oxygen atoms in total. The zero-order valence-electron chi connectivity index (χ0n) is 3.40. The van der Waals surface area contributed by atoms with Crippen LogP contribution in [0.15, 0.2) is 12.4 Å². The smallest absolute Gasteiger partial charge is 0.242 e. The van der Waals surface area contributed by atoms with E-state index in [1.807, 2.05) is 0 Å². The Kier molecular flexibility index (Phi) is 0.856. The molecule has 0 saturated heterocycles. The van der Waals surface area contributed by atoms with Crippen LogP contribution in [0.3, 0.4) is 0 Å². The molecule has 0 aliphatic rings. The van der Waals surface area contributed by atoms with Crippen LogP contribution in [0.1, 0.15) is 0 Å². The highest BCUT2D eigenvalue weighted by atomic mass is 16.3. The molecule has 1 heterocycles. The van der Waals surface area contributed by atoms with Gasteiger partial charge in [0.1, 0.15) is 0 Å². The van der Waals surface area contributed by atoms with Crippen LogP contribution in [0.4, 0.5) is 0 Å². The van der Waals surface area contributed by atoms with Crippen LogP contribution in [0, 0.1) is 0 Å². The Bertz CT molecular complexity index is 140. The lowest BCUT2D eigenvalue weighted by Gasteiger charge is -1.75. The molecule has 4 heteroatoms. The fraction of sp³-hybridized carbons (Fsp3) is 0. The van der Waals surface area contributed by atoms with Crippen molar-refractivity contribution in [2.45, 2.75) is 0 Å². The molecule has 0 saturated carbocycles. The normalized spacial score (nSPS) is 8.57. The summed E-state index contributed by atoms with van der Waals surface area (Å²) in [4.78, 5) is 3.25. The summed E-state index contributed by atoms with van der Waals surface area (Å²) in [7, 11) is 0. The van der Waals surface area contributed by atoms with Gasteiger partial charge in [0.25, 0.3) is 0 Å². The molecule has 7 heavy (non-hydrogen) atoms. The highest BCUT2D eigenvalue weighted by molar-refractivity contribution is 4.81. The Hall–Kier alpha value is -1.19. The summed E-state index contributed by atoms with van der Waals surface area (Å²) in [6.07, 6.45) is 2.65. The number of nitrogens with zero attached hydrogens (tertiary/aromatic N) is 3. The molecule has 1 radical (unpaired) electrons. The van der Waals surface area contributed by atoms with Gasteiger partial charge in [-0.15, -0.1) is 0 Å². The molecule has 0 aliphatic carbocycles. The molecule has 0 bridgehead atoms. The summed E-state index contributed by atoms with van der Waals surface area (Å²) in [6, 6.07) is -0.539. The zero-order valence-corrected chi connectivity index (χ0v) is 3.40. The minimum atomic E-state index is -0.539. The quantitative estimate of drug-likeness (QED) is 0.457. The van der Waals surface area contributed by atoms with Crippen molar-refractivity contribution in [2.24, 2.45) is 0 Å². The van der Waals surface area contributed by atoms with E-state index in [9.17, 15) is 5.11 Å². The van der Waals surface area contributed by atoms with Crippen molar-refractivity contribution in [3.05, 3.63) is 12.4 Å². The summed E-state index contributed by atoms with van der Waals surface area (Å²) in [5.41, 5.74) is 0. The average Bonchev–Trinajstić information content (AvgIpc) is 1.69. The van der Waals surface area contributed by atoms with Crippen molar-refractivity contribution in [1.29, 1.82) is 0 Å². The summed E-state index contributed by atoms with van der Waals surface area (Å²) >= 11 is 0. The molecule has 1 aromatic heterocycles. The van der Waals surface area contributed by atoms with Gasteiger partial charge in [0.15, 0.2) is 0 Å². The van der Waals surface area contributed by atoms with E-state index in [0.717, 1.165) is 0 Å². The van der Waals surface area contributed by atoms with Crippen LogP contribution < -0.4 is 0 Å². The van der Waals surface area contributed by atoms with Gasteiger partial charge in [-0.1, -0.05) is 5.10 Å². The summed E-state index contributed by atoms with van der Waals surface area (Å²) in [5.74, 6) is 0. The second-order valence-corrected chi connectivity index (χ2v) is 0.925. The molecule has 0 unspecified atom stereocenters. The van der Waals surface area contributed by atoms with Gasteiger partial charge >= 0.3 is 6.01 Å². The van der Waals surface area contributed by atoms with E-state index in [1.165, 1.54) is 12.4 Å². The van der Waals surface area contributed by atoms with E-state index in [2.05, 4.69) is 15.2 Å². The van der Waals surface area contributed by atoms with Gasteiger partial charge < -0.3 is 0 Å². The Labute approximate surface area is 39.9 Å². The summed E-state index contributed by atoms with van der Waals surface area (Å²) in [5, 5.41) is 16.3. The van der Waals surface area contributed by atoms with Crippen LogP contribution in [0.25, 0.3) is 0 Å². The van der Waals surface area contributed by atoms with Crippen molar-refractivity contribution < 1.29 is 5.11 Å². The first kappa shape index (κ1) is 3.98. The maximum Gasteiger partial charge on any atom is 0.385 e. The Balaban J connectivity index is 3.02. The average molecular weight is 96.1 g/mol. The van der Waals surface area contributed by atoms with E-state index in [0.29, 0.717) is 0 Å². The van der Waals surface area contributed by atoms with Crippen molar-refractivity contribution >= 4 is 0 Å². The lowest BCUT2D eigenvalue weighted by atomic mass is 10.9. The predicted octanol–water partition coefficient (Wildman–Crippen LogP) is 0.0154. The van der Waals surface area contributed by atoms with E-state index < -0.39 is 6.01 Å². The minimum absolute atomic E-state index is 0.539. The second-order valence-electron chi connectivity index (χ2n) is 0.925. The van der Waals surface area contributed by atoms with Crippen LogP contribution in [-0.2, 0) is 5.11 Å². The Morgan fingerprint density at radius 2 is 2.29 bits per heavy atom. The predicted molar refractivity (Wildman–Crippen MR) is 20.0 cm³/mol. The molecule has 35 valence electrons. The number of rotatable bonds is 0. The highest BCUT2D eigenvalue weighted by Crippen LogP contribution is 1.88. The highest BCUT2D eigenvalue weighted by Gasteiger charge is 1.84. The third-order valence-electron chi connectivity index (χ3n) is 0.462. The maximum absolute atomic E-state index is 9.98. The fourth-order valence-electron chi connectivity index (χ4n) is 0.235. The van der Waals surface area contributed by atoms with Crippen LogP contribution >= 0.6 is 0 Å². The van der Waals surface area contributed by atoms with E-state index in [-0.39, 0.29) is 0 Å². The standard InChI is InChI=1S/C3H2N3O/c7-3-4-1-2-5-6-3/h1-2H. The van der Waals surface area contributed by atoms with Crippen LogP contribution in [-0.4, -0.2) is 15.2 Å². The monoisotopic (exact) mass is 96.0 g/mol. The first-order chi connectivity index (χ1) is 3.39. The van der Waals surface area contributed by atoms with Crippen molar-refractivity contribution in [3.8, 4) is 6.01 Å². The van der Waals surface area contributed by atoms with Crippen molar-refractivity contribution in [1.82, 2.24) is 15.2 Å². The van der Waals surface area contributed by atoms with Gasteiger partial charge in [-0.25, -0.2) is 5.11 Å². The topological polar surface area (TPSA) is 58.6 Å². The van der Waals surface area contributed by atoms with Crippen molar-refractivity contribution in [3.63, 3.8) is 0 Å². The minimum Gasteiger partial charge on any atom is -0.242 e. The number of hydrogen-bond acceptors (Lipinski definition) is 3. The summed E-state index contributed by atoms with van der Waals surface area (Å²) < 4.78 is 0. The fourth-order valence-corrected chi connectivity index (χ4v) is 0.235. The largest absolute Gasteiger partial charge is 0.385 e. The van der Waals surface area contributed by atoms with Crippen LogP contribution in [0.2, 0.25) is 0 Å². The van der Waals surface area contributed by atoms with Gasteiger partial charge in [-0.3, -0.25) is 0 Å². The molecule has 0 atom stereocenters. The third-order valence-corrected chi connectivity index (χ3v) is 0.462. The van der Waals surface area contributed by atoms with E-state index >= 15 is 0 Å². The van der Waals surface area contributed by atoms with Gasteiger partial charge in [0, 0.05) is 0 Å². The second kappa shape index (κ2) is 1.51. The Morgan fingerprint density at radius 3 is 2.57 bits per heavy atom. The molecule has 0 amide bonds. The Morgan fingerprint density at radius 1 is 1.43 bits per heavy atom. The SMILES string of the molecule is [O]c1nccnn1. The molecular weight excluding hydrogens is 94.1 g/mol. The molecular formula is C3H2N3O. The first-order valence-electron chi connectivity index (χ1n) is 1.70. The van der Waals surface area contributed by atoms with Gasteiger partial charge in [0.05, 0.1) is 12.4 Å². The maximum atomic E-state index is 9.98. The van der Waals surface area contributed by atoms with E-state index in [4.69, 9.17) is 0 Å². The number of aromatic nitrogens is 3. The van der Waals surface area contributed by atoms with Gasteiger partial charge in [0.2, 0.25) is 0 Å².